The van der Waals surface area contributed by atoms with Gasteiger partial charge in [-0.15, -0.1) is 0 Å². The number of carbonyl (C=O) groups excluding carboxylic acids is 1. The standard InChI is InChI=1S/C23H33NO3/c1-15(25)24-13-3-10-23(27)12-9-21-20-6-4-16-14-17(26)5-7-18(16)19(20)8-11-22(21,23)2/h5,7,14,19-21,26-27H,3-4,6,8-13H2,1-2H3,(H,24,25)/t19-,20-,21+,22+,23+/m1/s1. The van der Waals surface area contributed by atoms with E-state index in [2.05, 4.69) is 18.3 Å². The van der Waals surface area contributed by atoms with E-state index in [0.717, 1.165) is 44.9 Å². The number of phenols is 1. The predicted molar refractivity (Wildman–Crippen MR) is 106 cm³/mol. The molecule has 0 radical (unpaired) electrons. The highest BCUT2D eigenvalue weighted by Gasteiger charge is 2.60. The number of amides is 1. The predicted octanol–water partition coefficient (Wildman–Crippen LogP) is 3.90. The van der Waals surface area contributed by atoms with Crippen LogP contribution in [-0.4, -0.2) is 28.3 Å². The summed E-state index contributed by atoms with van der Waals surface area (Å²) >= 11 is 0. The molecule has 4 nitrogen and oxygen atoms in total. The molecule has 3 aliphatic rings. The fraction of sp³-hybridized carbons (Fsp3) is 0.696. The van der Waals surface area contributed by atoms with Gasteiger partial charge in [0.2, 0.25) is 5.91 Å². The molecule has 3 N–H and O–H groups in total. The zero-order valence-corrected chi connectivity index (χ0v) is 16.6. The van der Waals surface area contributed by atoms with Crippen LogP contribution in [0.1, 0.15) is 75.8 Å². The number of phenolic OH excluding ortho intramolecular Hbond substituents is 1. The topological polar surface area (TPSA) is 69.6 Å². The summed E-state index contributed by atoms with van der Waals surface area (Å²) in [6.07, 6.45) is 8.03. The van der Waals surface area contributed by atoms with Crippen molar-refractivity contribution >= 4 is 5.91 Å². The van der Waals surface area contributed by atoms with Crippen LogP contribution in [0.15, 0.2) is 18.2 Å². The Morgan fingerprint density at radius 1 is 1.26 bits per heavy atom. The van der Waals surface area contributed by atoms with Crippen molar-refractivity contribution in [3.63, 3.8) is 0 Å². The van der Waals surface area contributed by atoms with E-state index in [1.54, 1.807) is 6.92 Å². The van der Waals surface area contributed by atoms with E-state index in [-0.39, 0.29) is 11.3 Å². The van der Waals surface area contributed by atoms with E-state index in [1.165, 1.54) is 17.5 Å². The molecule has 5 atom stereocenters. The molecule has 3 aliphatic carbocycles. The van der Waals surface area contributed by atoms with E-state index < -0.39 is 5.60 Å². The summed E-state index contributed by atoms with van der Waals surface area (Å²) in [6, 6.07) is 5.92. The normalized spacial score (nSPS) is 37.2. The molecule has 4 heteroatoms. The van der Waals surface area contributed by atoms with Gasteiger partial charge in [0.05, 0.1) is 5.60 Å². The van der Waals surface area contributed by atoms with Crippen LogP contribution in [0.5, 0.6) is 5.75 Å². The smallest absolute Gasteiger partial charge is 0.216 e. The number of benzene rings is 1. The highest BCUT2D eigenvalue weighted by molar-refractivity contribution is 5.72. The highest BCUT2D eigenvalue weighted by Crippen LogP contribution is 2.65. The van der Waals surface area contributed by atoms with Crippen molar-refractivity contribution in [1.29, 1.82) is 0 Å². The molecule has 27 heavy (non-hydrogen) atoms. The number of aryl methyl sites for hydroxylation is 1. The summed E-state index contributed by atoms with van der Waals surface area (Å²) < 4.78 is 0. The lowest BCUT2D eigenvalue weighted by atomic mass is 9.53. The molecule has 2 fully saturated rings. The molecule has 0 heterocycles. The molecule has 1 aromatic carbocycles. The molecular weight excluding hydrogens is 338 g/mol. The van der Waals surface area contributed by atoms with E-state index in [9.17, 15) is 15.0 Å². The van der Waals surface area contributed by atoms with Crippen LogP contribution < -0.4 is 5.32 Å². The molecular formula is C23H33NO3. The zero-order chi connectivity index (χ0) is 19.2. The summed E-state index contributed by atoms with van der Waals surface area (Å²) in [5, 5.41) is 24.3. The zero-order valence-electron chi connectivity index (χ0n) is 16.6. The van der Waals surface area contributed by atoms with Gasteiger partial charge in [-0.1, -0.05) is 13.0 Å². The van der Waals surface area contributed by atoms with Crippen molar-refractivity contribution in [3.05, 3.63) is 29.3 Å². The Kier molecular flexibility index (Phi) is 4.74. The van der Waals surface area contributed by atoms with Gasteiger partial charge in [0.25, 0.3) is 0 Å². The van der Waals surface area contributed by atoms with Gasteiger partial charge in [-0.2, -0.15) is 0 Å². The molecule has 1 amide bonds. The average Bonchev–Trinajstić information content (AvgIpc) is 2.90. The van der Waals surface area contributed by atoms with Crippen LogP contribution in [0.3, 0.4) is 0 Å². The first-order valence-electron chi connectivity index (χ1n) is 10.6. The van der Waals surface area contributed by atoms with Gasteiger partial charge in [0.15, 0.2) is 0 Å². The van der Waals surface area contributed by atoms with Gasteiger partial charge in [-0.05, 0) is 97.8 Å². The third kappa shape index (κ3) is 3.06. The molecule has 2 saturated carbocycles. The first-order chi connectivity index (χ1) is 12.8. The van der Waals surface area contributed by atoms with Crippen LogP contribution >= 0.6 is 0 Å². The van der Waals surface area contributed by atoms with Crippen molar-refractivity contribution in [2.75, 3.05) is 6.54 Å². The molecule has 0 bridgehead atoms. The Morgan fingerprint density at radius 2 is 2.07 bits per heavy atom. The molecule has 0 aliphatic heterocycles. The lowest BCUT2D eigenvalue weighted by Gasteiger charge is -2.53. The molecule has 1 aromatic rings. The number of hydrogen-bond acceptors (Lipinski definition) is 3. The van der Waals surface area contributed by atoms with Crippen molar-refractivity contribution in [2.45, 2.75) is 76.7 Å². The van der Waals surface area contributed by atoms with Gasteiger partial charge in [0, 0.05) is 13.5 Å². The third-order valence-corrected chi connectivity index (χ3v) is 8.17. The summed E-state index contributed by atoms with van der Waals surface area (Å²) in [5.41, 5.74) is 2.14. The summed E-state index contributed by atoms with van der Waals surface area (Å²) in [6.45, 7) is 4.52. The minimum absolute atomic E-state index is 0.00455. The maximum Gasteiger partial charge on any atom is 0.216 e. The van der Waals surface area contributed by atoms with E-state index in [4.69, 9.17) is 0 Å². The Morgan fingerprint density at radius 3 is 2.85 bits per heavy atom. The van der Waals surface area contributed by atoms with Crippen LogP contribution in [0.4, 0.5) is 0 Å². The number of carbonyl (C=O) groups is 1. The SMILES string of the molecule is CC(=O)NCCC[C@]1(O)CC[C@H]2[C@@H]3CCc4cc(O)ccc4[C@H]3CC[C@@]21C. The first kappa shape index (κ1) is 18.8. The lowest BCUT2D eigenvalue weighted by Crippen LogP contribution is -2.51. The summed E-state index contributed by atoms with van der Waals surface area (Å²) in [7, 11) is 0. The van der Waals surface area contributed by atoms with Gasteiger partial charge < -0.3 is 15.5 Å². The maximum absolute atomic E-state index is 11.6. The van der Waals surface area contributed by atoms with E-state index >= 15 is 0 Å². The maximum atomic E-state index is 11.6. The number of fused-ring (bicyclic) bond motifs is 5. The number of nitrogens with one attached hydrogen (secondary N) is 1. The van der Waals surface area contributed by atoms with Crippen LogP contribution in [-0.2, 0) is 11.2 Å². The molecule has 0 aromatic heterocycles. The van der Waals surface area contributed by atoms with Crippen molar-refractivity contribution in [3.8, 4) is 5.75 Å². The van der Waals surface area contributed by atoms with Crippen LogP contribution in [0.25, 0.3) is 0 Å². The second-order valence-electron chi connectivity index (χ2n) is 9.41. The number of hydrogen-bond donors (Lipinski definition) is 3. The van der Waals surface area contributed by atoms with Crippen LogP contribution in [0.2, 0.25) is 0 Å². The molecule has 4 rings (SSSR count). The van der Waals surface area contributed by atoms with Crippen LogP contribution in [0, 0.1) is 17.3 Å². The average molecular weight is 372 g/mol. The fourth-order valence-electron chi connectivity index (χ4n) is 6.73. The Balaban J connectivity index is 1.51. The quantitative estimate of drug-likeness (QED) is 0.703. The molecule has 148 valence electrons. The van der Waals surface area contributed by atoms with Crippen molar-refractivity contribution in [2.24, 2.45) is 17.3 Å². The highest BCUT2D eigenvalue weighted by atomic mass is 16.3. The Bertz CT molecular complexity index is 732. The Labute approximate surface area is 162 Å². The monoisotopic (exact) mass is 371 g/mol. The van der Waals surface area contributed by atoms with Gasteiger partial charge >= 0.3 is 0 Å². The van der Waals surface area contributed by atoms with Gasteiger partial charge in [-0.25, -0.2) is 0 Å². The second kappa shape index (κ2) is 6.80. The number of rotatable bonds is 4. The van der Waals surface area contributed by atoms with E-state index in [1.807, 2.05) is 12.1 Å². The number of aromatic hydroxyl groups is 1. The van der Waals surface area contributed by atoms with Gasteiger partial charge in [-0.3, -0.25) is 4.79 Å². The molecule has 0 spiro atoms. The lowest BCUT2D eigenvalue weighted by molar-refractivity contribution is -0.119. The minimum Gasteiger partial charge on any atom is -0.508 e. The molecule has 0 unspecified atom stereocenters. The summed E-state index contributed by atoms with van der Waals surface area (Å²) in [5.74, 6) is 2.18. The number of aliphatic hydroxyl groups is 1. The van der Waals surface area contributed by atoms with Gasteiger partial charge in [0.1, 0.15) is 5.75 Å². The van der Waals surface area contributed by atoms with Crippen molar-refractivity contribution < 1.29 is 15.0 Å². The fourth-order valence-corrected chi connectivity index (χ4v) is 6.73. The minimum atomic E-state index is -0.601. The first-order valence-corrected chi connectivity index (χ1v) is 10.6. The van der Waals surface area contributed by atoms with E-state index in [0.29, 0.717) is 30.0 Å². The largest absolute Gasteiger partial charge is 0.508 e. The van der Waals surface area contributed by atoms with Crippen molar-refractivity contribution in [1.82, 2.24) is 5.32 Å². The Hall–Kier alpha value is -1.55. The third-order valence-electron chi connectivity index (χ3n) is 8.17. The second-order valence-corrected chi connectivity index (χ2v) is 9.41. The molecule has 0 saturated heterocycles. The summed E-state index contributed by atoms with van der Waals surface area (Å²) in [4.78, 5) is 11.1.